The Labute approximate surface area is 124 Å². The second-order valence-corrected chi connectivity index (χ2v) is 5.90. The summed E-state index contributed by atoms with van der Waals surface area (Å²) >= 11 is 6.00. The van der Waals surface area contributed by atoms with E-state index < -0.39 is 0 Å². The lowest BCUT2D eigenvalue weighted by Gasteiger charge is -2.16. The van der Waals surface area contributed by atoms with Gasteiger partial charge in [0.2, 0.25) is 0 Å². The number of para-hydroxylation sites is 1. The highest BCUT2D eigenvalue weighted by atomic mass is 35.5. The number of nitrogens with zero attached hydrogens (tertiary/aromatic N) is 1. The number of fused-ring (bicyclic) bond motifs is 1. The van der Waals surface area contributed by atoms with Crippen molar-refractivity contribution in [1.29, 1.82) is 0 Å². The van der Waals surface area contributed by atoms with Gasteiger partial charge in [-0.15, -0.1) is 0 Å². The van der Waals surface area contributed by atoms with Crippen molar-refractivity contribution in [3.05, 3.63) is 41.0 Å². The fourth-order valence-corrected chi connectivity index (χ4v) is 2.60. The maximum absolute atomic E-state index is 12.4. The van der Waals surface area contributed by atoms with Crippen molar-refractivity contribution in [3.63, 3.8) is 0 Å². The monoisotopic (exact) mass is 290 g/mol. The highest BCUT2D eigenvalue weighted by molar-refractivity contribution is 6.30. The zero-order chi connectivity index (χ0) is 14.7. The van der Waals surface area contributed by atoms with Gasteiger partial charge in [-0.25, -0.2) is 4.98 Å². The predicted molar refractivity (Wildman–Crippen MR) is 83.1 cm³/mol. The van der Waals surface area contributed by atoms with E-state index in [0.29, 0.717) is 16.6 Å². The van der Waals surface area contributed by atoms with Gasteiger partial charge in [-0.1, -0.05) is 43.6 Å². The molecule has 1 unspecified atom stereocenters. The molecule has 2 rings (SSSR count). The lowest BCUT2D eigenvalue weighted by molar-refractivity contribution is 0.0937. The fourth-order valence-electron chi connectivity index (χ4n) is 2.40. The Balaban J connectivity index is 2.30. The minimum atomic E-state index is -0.0985. The summed E-state index contributed by atoms with van der Waals surface area (Å²) in [5, 5.41) is 4.18. The third-order valence-electron chi connectivity index (χ3n) is 3.13. The van der Waals surface area contributed by atoms with E-state index in [0.717, 1.165) is 17.3 Å². The Morgan fingerprint density at radius 1 is 1.30 bits per heavy atom. The quantitative estimate of drug-likeness (QED) is 0.863. The topological polar surface area (TPSA) is 42.0 Å². The number of benzene rings is 1. The second kappa shape index (κ2) is 6.23. The van der Waals surface area contributed by atoms with Crippen molar-refractivity contribution in [3.8, 4) is 0 Å². The summed E-state index contributed by atoms with van der Waals surface area (Å²) in [6, 6.07) is 9.28. The lowest BCUT2D eigenvalue weighted by Crippen LogP contribution is -2.33. The number of hydrogen-bond acceptors (Lipinski definition) is 2. The van der Waals surface area contributed by atoms with Crippen LogP contribution in [-0.4, -0.2) is 16.9 Å². The largest absolute Gasteiger partial charge is 0.350 e. The molecule has 2 aromatic rings. The molecule has 0 aliphatic heterocycles. The van der Waals surface area contributed by atoms with Crippen LogP contribution < -0.4 is 5.32 Å². The predicted octanol–water partition coefficient (Wildman–Crippen LogP) is 4.05. The molecule has 106 valence electrons. The van der Waals surface area contributed by atoms with Gasteiger partial charge in [-0.3, -0.25) is 4.79 Å². The SMILES string of the molecule is CC(C)CC(C)NC(=O)c1cc(Cl)nc2ccccc12. The molecule has 1 N–H and O–H groups in total. The molecule has 1 heterocycles. The molecule has 0 saturated heterocycles. The van der Waals surface area contributed by atoms with Crippen molar-refractivity contribution < 1.29 is 4.79 Å². The summed E-state index contributed by atoms with van der Waals surface area (Å²) in [4.78, 5) is 16.6. The van der Waals surface area contributed by atoms with Crippen LogP contribution in [0.3, 0.4) is 0 Å². The van der Waals surface area contributed by atoms with E-state index in [1.165, 1.54) is 0 Å². The van der Waals surface area contributed by atoms with E-state index in [-0.39, 0.29) is 11.9 Å². The van der Waals surface area contributed by atoms with Crippen LogP contribution in [0.2, 0.25) is 5.15 Å². The summed E-state index contributed by atoms with van der Waals surface area (Å²) < 4.78 is 0. The standard InChI is InChI=1S/C16H19ClN2O/c1-10(2)8-11(3)18-16(20)13-9-15(17)19-14-7-5-4-6-12(13)14/h4-7,9-11H,8H2,1-3H3,(H,18,20). The highest BCUT2D eigenvalue weighted by Crippen LogP contribution is 2.21. The van der Waals surface area contributed by atoms with E-state index in [1.54, 1.807) is 6.07 Å². The molecule has 0 radical (unpaired) electrons. The average Bonchev–Trinajstić information content (AvgIpc) is 2.36. The van der Waals surface area contributed by atoms with Crippen LogP contribution in [0.5, 0.6) is 0 Å². The minimum absolute atomic E-state index is 0.0985. The van der Waals surface area contributed by atoms with Crippen LogP contribution in [0, 0.1) is 5.92 Å². The van der Waals surface area contributed by atoms with Crippen LogP contribution in [0.1, 0.15) is 37.6 Å². The Morgan fingerprint density at radius 2 is 2.00 bits per heavy atom. The third-order valence-corrected chi connectivity index (χ3v) is 3.33. The zero-order valence-corrected chi connectivity index (χ0v) is 12.7. The Hall–Kier alpha value is -1.61. The van der Waals surface area contributed by atoms with Crippen molar-refractivity contribution >= 4 is 28.4 Å². The molecule has 20 heavy (non-hydrogen) atoms. The molecule has 0 bridgehead atoms. The summed E-state index contributed by atoms with van der Waals surface area (Å²) in [7, 11) is 0. The molecule has 0 fully saturated rings. The Kier molecular flexibility index (Phi) is 4.61. The van der Waals surface area contributed by atoms with Gasteiger partial charge in [-0.05, 0) is 31.4 Å². The van der Waals surface area contributed by atoms with E-state index >= 15 is 0 Å². The van der Waals surface area contributed by atoms with E-state index in [4.69, 9.17) is 11.6 Å². The fraction of sp³-hybridized carbons (Fsp3) is 0.375. The number of amides is 1. The van der Waals surface area contributed by atoms with Gasteiger partial charge < -0.3 is 5.32 Å². The second-order valence-electron chi connectivity index (χ2n) is 5.51. The smallest absolute Gasteiger partial charge is 0.252 e. The molecule has 0 spiro atoms. The first kappa shape index (κ1) is 14.8. The summed E-state index contributed by atoms with van der Waals surface area (Å²) in [6.07, 6.45) is 0.947. The molecule has 4 heteroatoms. The highest BCUT2D eigenvalue weighted by Gasteiger charge is 2.15. The van der Waals surface area contributed by atoms with Gasteiger partial charge in [0.05, 0.1) is 11.1 Å². The van der Waals surface area contributed by atoms with E-state index in [9.17, 15) is 4.79 Å². The van der Waals surface area contributed by atoms with Gasteiger partial charge >= 0.3 is 0 Å². The minimum Gasteiger partial charge on any atom is -0.350 e. The lowest BCUT2D eigenvalue weighted by atomic mass is 10.0. The molecule has 1 aromatic carbocycles. The number of halogens is 1. The number of aromatic nitrogens is 1. The maximum atomic E-state index is 12.4. The molecule has 3 nitrogen and oxygen atoms in total. The molecule has 1 atom stereocenters. The van der Waals surface area contributed by atoms with Crippen LogP contribution in [0.4, 0.5) is 0 Å². The van der Waals surface area contributed by atoms with Crippen molar-refractivity contribution in [2.75, 3.05) is 0 Å². The number of hydrogen-bond donors (Lipinski definition) is 1. The van der Waals surface area contributed by atoms with Gasteiger partial charge in [0.15, 0.2) is 0 Å². The number of pyridine rings is 1. The first-order valence-corrected chi connectivity index (χ1v) is 7.21. The van der Waals surface area contributed by atoms with Crippen molar-refractivity contribution in [1.82, 2.24) is 10.3 Å². The summed E-state index contributed by atoms with van der Waals surface area (Å²) in [5.74, 6) is 0.446. The molecule has 1 aromatic heterocycles. The van der Waals surface area contributed by atoms with Gasteiger partial charge in [0, 0.05) is 11.4 Å². The Bertz CT molecular complexity index is 625. The number of carbonyl (C=O) groups is 1. The Morgan fingerprint density at radius 3 is 2.70 bits per heavy atom. The zero-order valence-electron chi connectivity index (χ0n) is 12.0. The maximum Gasteiger partial charge on any atom is 0.252 e. The molecule has 1 amide bonds. The van der Waals surface area contributed by atoms with Gasteiger partial charge in [0.25, 0.3) is 5.91 Å². The number of rotatable bonds is 4. The first-order chi connectivity index (χ1) is 9.47. The van der Waals surface area contributed by atoms with Crippen LogP contribution in [-0.2, 0) is 0 Å². The molecule has 0 aliphatic carbocycles. The third kappa shape index (κ3) is 3.48. The number of nitrogens with one attached hydrogen (secondary N) is 1. The van der Waals surface area contributed by atoms with Crippen LogP contribution >= 0.6 is 11.6 Å². The van der Waals surface area contributed by atoms with Crippen LogP contribution in [0.15, 0.2) is 30.3 Å². The molecular formula is C16H19ClN2O. The van der Waals surface area contributed by atoms with Crippen LogP contribution in [0.25, 0.3) is 10.9 Å². The van der Waals surface area contributed by atoms with Crippen molar-refractivity contribution in [2.24, 2.45) is 5.92 Å². The first-order valence-electron chi connectivity index (χ1n) is 6.83. The molecular weight excluding hydrogens is 272 g/mol. The normalized spacial score (nSPS) is 12.7. The molecule has 0 aliphatic rings. The summed E-state index contributed by atoms with van der Waals surface area (Å²) in [5.41, 5.74) is 1.32. The van der Waals surface area contributed by atoms with Gasteiger partial charge in [0.1, 0.15) is 5.15 Å². The number of carbonyl (C=O) groups excluding carboxylic acids is 1. The van der Waals surface area contributed by atoms with E-state index in [2.05, 4.69) is 24.1 Å². The van der Waals surface area contributed by atoms with Crippen molar-refractivity contribution in [2.45, 2.75) is 33.2 Å². The molecule has 0 saturated carbocycles. The van der Waals surface area contributed by atoms with E-state index in [1.807, 2.05) is 31.2 Å². The summed E-state index contributed by atoms with van der Waals surface area (Å²) in [6.45, 7) is 6.30. The van der Waals surface area contributed by atoms with Gasteiger partial charge in [-0.2, -0.15) is 0 Å². The average molecular weight is 291 g/mol.